The quantitative estimate of drug-likeness (QED) is 0.161. The van der Waals surface area contributed by atoms with Gasteiger partial charge in [-0.3, -0.25) is 0 Å². The van der Waals surface area contributed by atoms with Crippen LogP contribution in [0.1, 0.15) is 27.7 Å². The maximum atomic E-state index is 5.84. The third kappa shape index (κ3) is 6.63. The summed E-state index contributed by atoms with van der Waals surface area (Å²) in [7, 11) is 0. The highest BCUT2D eigenvalue weighted by atomic mass is 32.1. The fourth-order valence-electron chi connectivity index (χ4n) is 5.03. The Morgan fingerprint density at radius 2 is 0.744 bits per heavy atom. The van der Waals surface area contributed by atoms with Gasteiger partial charge in [-0.2, -0.15) is 8.75 Å². The van der Waals surface area contributed by atoms with Crippen molar-refractivity contribution >= 4 is 22.8 Å². The zero-order valence-corrected chi connectivity index (χ0v) is 25.9. The van der Waals surface area contributed by atoms with Gasteiger partial charge in [0.1, 0.15) is 22.5 Å². The number of ether oxygens (including phenoxy) is 2. The fraction of sp³-hybridized carbons (Fsp3) is 0.211. The molecule has 0 spiro atoms. The molecule has 0 radical (unpaired) electrons. The number of hydrogen-bond donors (Lipinski definition) is 0. The smallest absolute Gasteiger partial charge is 0.119 e. The average Bonchev–Trinajstić information content (AvgIpc) is 3.53. The van der Waals surface area contributed by atoms with E-state index in [1.165, 1.54) is 22.9 Å². The molecule has 0 unspecified atom stereocenters. The SMILES string of the molecule is CC(C)COc1ccc(-c2ccc(-c3ccc(-c4ccc(-c5ccc(OCC(C)C)cc5)cc4)c4nsnc34)cc2)cc1. The van der Waals surface area contributed by atoms with Gasteiger partial charge in [-0.1, -0.05) is 113 Å². The molecule has 6 rings (SSSR count). The van der Waals surface area contributed by atoms with Crippen LogP contribution in [-0.4, -0.2) is 22.0 Å². The maximum absolute atomic E-state index is 5.84. The first-order valence-corrected chi connectivity index (χ1v) is 15.6. The van der Waals surface area contributed by atoms with E-state index in [-0.39, 0.29) is 0 Å². The second kappa shape index (κ2) is 12.8. The Morgan fingerprint density at radius 1 is 0.442 bits per heavy atom. The topological polar surface area (TPSA) is 44.2 Å². The number of benzene rings is 5. The van der Waals surface area contributed by atoms with Crippen LogP contribution < -0.4 is 9.47 Å². The molecular formula is C38H36N2O2S. The van der Waals surface area contributed by atoms with Crippen molar-refractivity contribution in [2.24, 2.45) is 11.8 Å². The van der Waals surface area contributed by atoms with Crippen LogP contribution in [-0.2, 0) is 0 Å². The Bertz CT molecular complexity index is 1650. The first kappa shape index (κ1) is 28.6. The lowest BCUT2D eigenvalue weighted by molar-refractivity contribution is 0.271. The van der Waals surface area contributed by atoms with E-state index in [1.54, 1.807) is 0 Å². The van der Waals surface area contributed by atoms with Crippen LogP contribution in [0.15, 0.2) is 109 Å². The third-order valence-electron chi connectivity index (χ3n) is 7.35. The van der Waals surface area contributed by atoms with Crippen molar-refractivity contribution in [2.45, 2.75) is 27.7 Å². The van der Waals surface area contributed by atoms with Crippen molar-refractivity contribution in [1.82, 2.24) is 8.75 Å². The minimum atomic E-state index is 0.505. The number of rotatable bonds is 10. The predicted molar refractivity (Wildman–Crippen MR) is 180 cm³/mol. The van der Waals surface area contributed by atoms with Crippen molar-refractivity contribution in [3.63, 3.8) is 0 Å². The first-order chi connectivity index (χ1) is 20.9. The molecule has 1 heterocycles. The third-order valence-corrected chi connectivity index (χ3v) is 7.88. The molecule has 0 aliphatic rings. The maximum Gasteiger partial charge on any atom is 0.119 e. The lowest BCUT2D eigenvalue weighted by atomic mass is 9.95. The summed E-state index contributed by atoms with van der Waals surface area (Å²) in [6, 6.07) is 38.3. The summed E-state index contributed by atoms with van der Waals surface area (Å²) < 4.78 is 21.1. The average molecular weight is 585 g/mol. The van der Waals surface area contributed by atoms with E-state index in [0.717, 1.165) is 69.1 Å². The molecule has 0 fully saturated rings. The van der Waals surface area contributed by atoms with E-state index in [0.29, 0.717) is 11.8 Å². The summed E-state index contributed by atoms with van der Waals surface area (Å²) in [6.07, 6.45) is 0. The van der Waals surface area contributed by atoms with Gasteiger partial charge in [-0.25, -0.2) is 0 Å². The van der Waals surface area contributed by atoms with E-state index in [2.05, 4.69) is 113 Å². The second-order valence-corrected chi connectivity index (χ2v) is 12.3. The standard InChI is InChI=1S/C38H36N2O2S/c1-25(2)23-41-33-17-13-29(14-18-33)27-5-9-31(10-6-27)35-21-22-36(38-37(35)39-43-40-38)32-11-7-28(8-12-32)30-15-19-34(20-16-30)42-24-26(3)4/h5-22,25-26H,23-24H2,1-4H3. The van der Waals surface area contributed by atoms with Gasteiger partial charge in [0.15, 0.2) is 0 Å². The van der Waals surface area contributed by atoms with E-state index >= 15 is 0 Å². The molecule has 0 aliphatic heterocycles. The lowest BCUT2D eigenvalue weighted by Gasteiger charge is -2.11. The largest absolute Gasteiger partial charge is 0.493 e. The van der Waals surface area contributed by atoms with Crippen LogP contribution in [0.25, 0.3) is 55.5 Å². The Balaban J connectivity index is 1.20. The zero-order valence-electron chi connectivity index (χ0n) is 25.1. The van der Waals surface area contributed by atoms with Crippen LogP contribution in [0.4, 0.5) is 0 Å². The van der Waals surface area contributed by atoms with E-state index in [9.17, 15) is 0 Å². The summed E-state index contributed by atoms with van der Waals surface area (Å²) in [5.74, 6) is 2.82. The molecule has 5 heteroatoms. The molecule has 0 saturated carbocycles. The predicted octanol–water partition coefficient (Wildman–Crippen LogP) is 10.4. The molecule has 5 aromatic carbocycles. The molecule has 0 amide bonds. The van der Waals surface area contributed by atoms with Crippen LogP contribution in [0, 0.1) is 11.8 Å². The Labute approximate surface area is 258 Å². The van der Waals surface area contributed by atoms with E-state index in [1.807, 2.05) is 24.3 Å². The zero-order chi connectivity index (χ0) is 29.8. The van der Waals surface area contributed by atoms with Crippen LogP contribution in [0.3, 0.4) is 0 Å². The van der Waals surface area contributed by atoms with Gasteiger partial charge < -0.3 is 9.47 Å². The summed E-state index contributed by atoms with van der Waals surface area (Å²) >= 11 is 1.26. The van der Waals surface area contributed by atoms with Gasteiger partial charge in [0.25, 0.3) is 0 Å². The second-order valence-electron chi connectivity index (χ2n) is 11.7. The van der Waals surface area contributed by atoms with Crippen LogP contribution in [0.5, 0.6) is 11.5 Å². The summed E-state index contributed by atoms with van der Waals surface area (Å²) in [5, 5.41) is 0. The molecule has 0 N–H and O–H groups in total. The van der Waals surface area contributed by atoms with Crippen molar-refractivity contribution in [2.75, 3.05) is 13.2 Å². The summed E-state index contributed by atoms with van der Waals surface area (Å²) in [4.78, 5) is 0. The van der Waals surface area contributed by atoms with Gasteiger partial charge in [-0.15, -0.1) is 0 Å². The number of nitrogens with zero attached hydrogens (tertiary/aromatic N) is 2. The summed E-state index contributed by atoms with van der Waals surface area (Å²) in [5.41, 5.74) is 11.0. The highest BCUT2D eigenvalue weighted by molar-refractivity contribution is 7.00. The number of aromatic nitrogens is 2. The Kier molecular flexibility index (Phi) is 8.52. The Morgan fingerprint density at radius 3 is 1.07 bits per heavy atom. The van der Waals surface area contributed by atoms with Crippen molar-refractivity contribution in [3.05, 3.63) is 109 Å². The minimum absolute atomic E-state index is 0.505. The van der Waals surface area contributed by atoms with Crippen molar-refractivity contribution in [3.8, 4) is 56.0 Å². The molecule has 0 aliphatic carbocycles. The number of fused-ring (bicyclic) bond motifs is 1. The minimum Gasteiger partial charge on any atom is -0.493 e. The van der Waals surface area contributed by atoms with E-state index in [4.69, 9.17) is 18.2 Å². The van der Waals surface area contributed by atoms with Crippen LogP contribution in [0.2, 0.25) is 0 Å². The monoisotopic (exact) mass is 584 g/mol. The van der Waals surface area contributed by atoms with Crippen molar-refractivity contribution in [1.29, 1.82) is 0 Å². The molecule has 1 aromatic heterocycles. The first-order valence-electron chi connectivity index (χ1n) is 14.9. The molecule has 216 valence electrons. The highest BCUT2D eigenvalue weighted by Crippen LogP contribution is 2.36. The number of hydrogen-bond acceptors (Lipinski definition) is 5. The van der Waals surface area contributed by atoms with Gasteiger partial charge >= 0.3 is 0 Å². The molecule has 0 bridgehead atoms. The van der Waals surface area contributed by atoms with Crippen LogP contribution >= 0.6 is 11.7 Å². The lowest BCUT2D eigenvalue weighted by Crippen LogP contribution is -2.04. The molecular weight excluding hydrogens is 548 g/mol. The molecule has 0 atom stereocenters. The molecule has 43 heavy (non-hydrogen) atoms. The fourth-order valence-corrected chi connectivity index (χ4v) is 5.60. The molecule has 6 aromatic rings. The molecule has 4 nitrogen and oxygen atoms in total. The van der Waals surface area contributed by atoms with Gasteiger partial charge in [0.05, 0.1) is 24.9 Å². The summed E-state index contributed by atoms with van der Waals surface area (Å²) in [6.45, 7) is 10.1. The van der Waals surface area contributed by atoms with Gasteiger partial charge in [0.2, 0.25) is 0 Å². The Hall–Kier alpha value is -4.48. The van der Waals surface area contributed by atoms with Crippen molar-refractivity contribution < 1.29 is 9.47 Å². The van der Waals surface area contributed by atoms with Gasteiger partial charge in [0, 0.05) is 11.1 Å². The van der Waals surface area contributed by atoms with Gasteiger partial charge in [-0.05, 0) is 69.5 Å². The molecule has 0 saturated heterocycles. The highest BCUT2D eigenvalue weighted by Gasteiger charge is 2.14. The normalized spacial score (nSPS) is 11.4. The van der Waals surface area contributed by atoms with E-state index < -0.39 is 0 Å².